The highest BCUT2D eigenvalue weighted by atomic mass is 19.4. The number of hydrazone groups is 1. The van der Waals surface area contributed by atoms with Crippen LogP contribution in [0.1, 0.15) is 11.1 Å². The van der Waals surface area contributed by atoms with Gasteiger partial charge >= 0.3 is 6.18 Å². The van der Waals surface area contributed by atoms with Gasteiger partial charge in [-0.05, 0) is 53.6 Å². The molecule has 0 N–H and O–H groups in total. The zero-order valence-corrected chi connectivity index (χ0v) is 16.5. The first-order valence-corrected chi connectivity index (χ1v) is 9.56. The summed E-state index contributed by atoms with van der Waals surface area (Å²) in [6.07, 6.45) is -3.63. The molecule has 1 aliphatic heterocycles. The number of carbonyl (C=O) groups is 1. The van der Waals surface area contributed by atoms with Crippen LogP contribution in [0.5, 0.6) is 5.75 Å². The lowest BCUT2D eigenvalue weighted by molar-refractivity contribution is -0.114. The van der Waals surface area contributed by atoms with Crippen LogP contribution in [0, 0.1) is 5.82 Å². The number of nitrogens with zero attached hydrogens (tertiary/aromatic N) is 2. The molecule has 0 spiro atoms. The summed E-state index contributed by atoms with van der Waals surface area (Å²) in [6, 6.07) is 20.0. The minimum atomic E-state index is -4.79. The molecule has 0 aromatic heterocycles. The molecule has 32 heavy (non-hydrogen) atoms. The van der Waals surface area contributed by atoms with Crippen LogP contribution in [0.3, 0.4) is 0 Å². The number of benzene rings is 3. The molecule has 4 rings (SSSR count). The predicted octanol–water partition coefficient (Wildman–Crippen LogP) is 5.75. The van der Waals surface area contributed by atoms with Crippen molar-refractivity contribution in [3.63, 3.8) is 0 Å². The molecule has 1 aliphatic rings. The number of amides is 1. The minimum Gasteiger partial charge on any atom is -0.489 e. The Balaban J connectivity index is 1.54. The highest BCUT2D eigenvalue weighted by Crippen LogP contribution is 2.32. The van der Waals surface area contributed by atoms with Crippen molar-refractivity contribution in [1.82, 2.24) is 0 Å². The molecule has 0 radical (unpaired) electrons. The number of alkyl halides is 3. The van der Waals surface area contributed by atoms with Gasteiger partial charge in [0, 0.05) is 0 Å². The lowest BCUT2D eigenvalue weighted by atomic mass is 10.1. The van der Waals surface area contributed by atoms with Crippen molar-refractivity contribution in [3.8, 4) is 5.75 Å². The molecule has 3 aromatic carbocycles. The number of carbonyl (C=O) groups excluding carboxylic acids is 1. The standard InChI is InChI=1S/C24H16F4N2O2/c25-18-10-6-17(7-11-18)15-32-20-12-8-16(9-13-20)14-21-22(24(26,27)28)29-30(23(21)31)19-4-2-1-3-5-19/h1-14H,15H2/b21-14-. The van der Waals surface area contributed by atoms with Crippen molar-refractivity contribution < 1.29 is 27.1 Å². The molecule has 0 saturated heterocycles. The van der Waals surface area contributed by atoms with Gasteiger partial charge in [-0.1, -0.05) is 42.5 Å². The van der Waals surface area contributed by atoms with Crippen molar-refractivity contribution in [1.29, 1.82) is 0 Å². The van der Waals surface area contributed by atoms with E-state index in [1.165, 1.54) is 24.3 Å². The molecule has 162 valence electrons. The number of hydrogen-bond donors (Lipinski definition) is 0. The Morgan fingerprint density at radius 1 is 0.906 bits per heavy atom. The average molecular weight is 440 g/mol. The van der Waals surface area contributed by atoms with Gasteiger partial charge in [-0.3, -0.25) is 4.79 Å². The van der Waals surface area contributed by atoms with Gasteiger partial charge in [-0.25, -0.2) is 4.39 Å². The second-order valence-corrected chi connectivity index (χ2v) is 6.94. The lowest BCUT2D eigenvalue weighted by Gasteiger charge is -2.11. The number of ether oxygens (including phenoxy) is 1. The molecule has 0 aliphatic carbocycles. The van der Waals surface area contributed by atoms with Crippen LogP contribution in [-0.4, -0.2) is 17.8 Å². The second kappa shape index (κ2) is 8.66. The van der Waals surface area contributed by atoms with E-state index in [1.54, 1.807) is 54.6 Å². The fourth-order valence-electron chi connectivity index (χ4n) is 3.07. The molecule has 0 saturated carbocycles. The molecule has 0 unspecified atom stereocenters. The van der Waals surface area contributed by atoms with E-state index in [4.69, 9.17) is 4.74 Å². The van der Waals surface area contributed by atoms with E-state index in [0.29, 0.717) is 11.3 Å². The summed E-state index contributed by atoms with van der Waals surface area (Å²) in [6.45, 7) is 0.204. The lowest BCUT2D eigenvalue weighted by Crippen LogP contribution is -2.25. The van der Waals surface area contributed by atoms with Crippen LogP contribution in [-0.2, 0) is 11.4 Å². The zero-order chi connectivity index (χ0) is 22.7. The van der Waals surface area contributed by atoms with Crippen molar-refractivity contribution in [2.45, 2.75) is 12.8 Å². The number of para-hydroxylation sites is 1. The van der Waals surface area contributed by atoms with Crippen LogP contribution in [0.2, 0.25) is 0 Å². The van der Waals surface area contributed by atoms with Gasteiger partial charge in [0.1, 0.15) is 18.2 Å². The van der Waals surface area contributed by atoms with Gasteiger partial charge in [0.05, 0.1) is 11.3 Å². The third kappa shape index (κ3) is 4.69. The van der Waals surface area contributed by atoms with Crippen molar-refractivity contribution in [2.24, 2.45) is 5.10 Å². The molecule has 1 amide bonds. The van der Waals surface area contributed by atoms with E-state index in [9.17, 15) is 22.4 Å². The Morgan fingerprint density at radius 2 is 1.56 bits per heavy atom. The fourth-order valence-corrected chi connectivity index (χ4v) is 3.07. The van der Waals surface area contributed by atoms with Gasteiger partial charge in [-0.15, -0.1) is 0 Å². The SMILES string of the molecule is O=C1/C(=C\c2ccc(OCc3ccc(F)cc3)cc2)C(C(F)(F)F)=NN1c1ccccc1. The van der Waals surface area contributed by atoms with Crippen LogP contribution in [0.25, 0.3) is 6.08 Å². The Morgan fingerprint density at radius 3 is 2.19 bits per heavy atom. The Kier molecular flexibility index (Phi) is 5.77. The summed E-state index contributed by atoms with van der Waals surface area (Å²) in [5, 5.41) is 4.28. The normalized spacial score (nSPS) is 15.2. The third-order valence-electron chi connectivity index (χ3n) is 4.66. The summed E-state index contributed by atoms with van der Waals surface area (Å²) < 4.78 is 59.2. The maximum absolute atomic E-state index is 13.5. The van der Waals surface area contributed by atoms with E-state index in [1.807, 2.05) is 0 Å². The fraction of sp³-hybridized carbons (Fsp3) is 0.0833. The molecular formula is C24H16F4N2O2. The molecule has 8 heteroatoms. The van der Waals surface area contributed by atoms with Crippen molar-refractivity contribution >= 4 is 23.4 Å². The number of rotatable bonds is 5. The highest BCUT2D eigenvalue weighted by molar-refractivity contribution is 6.34. The third-order valence-corrected chi connectivity index (χ3v) is 4.66. The largest absolute Gasteiger partial charge is 0.489 e. The Bertz CT molecular complexity index is 1170. The summed E-state index contributed by atoms with van der Waals surface area (Å²) in [7, 11) is 0. The smallest absolute Gasteiger partial charge is 0.435 e. The van der Waals surface area contributed by atoms with E-state index >= 15 is 0 Å². The molecule has 4 nitrogen and oxygen atoms in total. The van der Waals surface area contributed by atoms with Crippen LogP contribution < -0.4 is 9.75 Å². The van der Waals surface area contributed by atoms with Gasteiger partial charge in [0.15, 0.2) is 5.71 Å². The first-order chi connectivity index (χ1) is 15.3. The molecular weight excluding hydrogens is 424 g/mol. The maximum Gasteiger partial charge on any atom is 0.435 e. The molecule has 0 atom stereocenters. The van der Waals surface area contributed by atoms with Crippen molar-refractivity contribution in [2.75, 3.05) is 5.01 Å². The molecule has 1 heterocycles. The maximum atomic E-state index is 13.5. The van der Waals surface area contributed by atoms with Gasteiger partial charge < -0.3 is 4.74 Å². The van der Waals surface area contributed by atoms with E-state index < -0.39 is 23.4 Å². The monoisotopic (exact) mass is 440 g/mol. The molecule has 0 fully saturated rings. The molecule has 3 aromatic rings. The zero-order valence-electron chi connectivity index (χ0n) is 16.5. The van der Waals surface area contributed by atoms with Gasteiger partial charge in [0.2, 0.25) is 0 Å². The van der Waals surface area contributed by atoms with Gasteiger partial charge in [-0.2, -0.15) is 23.3 Å². The summed E-state index contributed by atoms with van der Waals surface area (Å²) in [4.78, 5) is 12.7. The van der Waals surface area contributed by atoms with E-state index in [-0.39, 0.29) is 18.1 Å². The summed E-state index contributed by atoms with van der Waals surface area (Å²) in [5.41, 5.74) is -0.396. The first-order valence-electron chi connectivity index (χ1n) is 9.56. The number of anilines is 1. The number of hydrogen-bond acceptors (Lipinski definition) is 3. The average Bonchev–Trinajstić information content (AvgIpc) is 3.11. The van der Waals surface area contributed by atoms with E-state index in [2.05, 4.69) is 5.10 Å². The second-order valence-electron chi connectivity index (χ2n) is 6.94. The molecule has 0 bridgehead atoms. The highest BCUT2D eigenvalue weighted by Gasteiger charge is 2.46. The topological polar surface area (TPSA) is 41.9 Å². The van der Waals surface area contributed by atoms with Gasteiger partial charge in [0.25, 0.3) is 5.91 Å². The number of halogens is 4. The van der Waals surface area contributed by atoms with Crippen molar-refractivity contribution in [3.05, 3.63) is 101 Å². The van der Waals surface area contributed by atoms with Crippen LogP contribution >= 0.6 is 0 Å². The Labute approximate surface area is 181 Å². The predicted molar refractivity (Wildman–Crippen MR) is 113 cm³/mol. The minimum absolute atomic E-state index is 0.204. The first kappa shape index (κ1) is 21.3. The Hall–Kier alpha value is -3.94. The summed E-state index contributed by atoms with van der Waals surface area (Å²) in [5.74, 6) is -0.731. The quantitative estimate of drug-likeness (QED) is 0.374. The van der Waals surface area contributed by atoms with Crippen LogP contribution in [0.4, 0.5) is 23.2 Å². The summed E-state index contributed by atoms with van der Waals surface area (Å²) >= 11 is 0. The van der Waals surface area contributed by atoms with E-state index in [0.717, 1.165) is 16.6 Å². The van der Waals surface area contributed by atoms with Crippen LogP contribution in [0.15, 0.2) is 89.5 Å².